The summed E-state index contributed by atoms with van der Waals surface area (Å²) in [6.45, 7) is 1.48. The van der Waals surface area contributed by atoms with Crippen LogP contribution < -0.4 is 9.47 Å². The van der Waals surface area contributed by atoms with Gasteiger partial charge in [-0.05, 0) is 55.0 Å². The second kappa shape index (κ2) is 11.8. The molecule has 0 fully saturated rings. The first-order chi connectivity index (χ1) is 17.8. The minimum atomic E-state index is -0.693. The highest BCUT2D eigenvalue weighted by atomic mass is 35.5. The van der Waals surface area contributed by atoms with Gasteiger partial charge in [0.1, 0.15) is 23.5 Å². The maximum atomic E-state index is 13.5. The van der Waals surface area contributed by atoms with Crippen molar-refractivity contribution >= 4 is 35.0 Å². The first-order valence-corrected chi connectivity index (χ1v) is 12.6. The summed E-state index contributed by atoms with van der Waals surface area (Å²) >= 11 is 13.9. The van der Waals surface area contributed by atoms with Crippen LogP contribution in [0.1, 0.15) is 22.2 Å². The second-order valence-corrected chi connectivity index (χ2v) is 9.86. The van der Waals surface area contributed by atoms with E-state index in [2.05, 4.69) is 10.2 Å². The zero-order valence-electron chi connectivity index (χ0n) is 19.7. The molecular weight excluding hydrogens is 542 g/mol. The Morgan fingerprint density at radius 2 is 1.84 bits per heavy atom. The molecule has 0 N–H and O–H groups in total. The van der Waals surface area contributed by atoms with Crippen molar-refractivity contribution < 1.29 is 18.8 Å². The van der Waals surface area contributed by atoms with Gasteiger partial charge >= 0.3 is 0 Å². The van der Waals surface area contributed by atoms with Crippen LogP contribution in [0.3, 0.4) is 0 Å². The molecule has 0 bridgehead atoms. The van der Waals surface area contributed by atoms with E-state index in [9.17, 15) is 14.5 Å². The molecule has 192 valence electrons. The number of benzene rings is 3. The number of halogens is 3. The topological polar surface area (TPSA) is 92.3 Å². The normalized spacial score (nSPS) is 11.8. The Morgan fingerprint density at radius 1 is 1.11 bits per heavy atom. The fraction of sp³-hybridized carbons (Fsp3) is 0.200. The molecule has 0 radical (unpaired) electrons. The molecule has 4 rings (SSSR count). The van der Waals surface area contributed by atoms with Gasteiger partial charge in [-0.25, -0.2) is 4.39 Å². The molecule has 1 heterocycles. The number of thioether (sulfide) groups is 1. The number of rotatable bonds is 10. The fourth-order valence-corrected chi connectivity index (χ4v) is 5.23. The summed E-state index contributed by atoms with van der Waals surface area (Å²) in [7, 11) is 1.46. The van der Waals surface area contributed by atoms with E-state index in [1.54, 1.807) is 41.8 Å². The third kappa shape index (κ3) is 6.33. The maximum absolute atomic E-state index is 13.5. The Balaban J connectivity index is 1.66. The van der Waals surface area contributed by atoms with Gasteiger partial charge in [-0.15, -0.1) is 10.2 Å². The Hall–Kier alpha value is -3.34. The van der Waals surface area contributed by atoms with Crippen LogP contribution in [0.5, 0.6) is 11.5 Å². The largest absolute Gasteiger partial charge is 0.493 e. The van der Waals surface area contributed by atoms with Crippen LogP contribution in [0.25, 0.3) is 5.69 Å². The summed E-state index contributed by atoms with van der Waals surface area (Å²) in [6, 6.07) is 16.3. The molecule has 37 heavy (non-hydrogen) atoms. The van der Waals surface area contributed by atoms with Crippen molar-refractivity contribution in [2.24, 2.45) is 0 Å². The van der Waals surface area contributed by atoms with Gasteiger partial charge in [-0.3, -0.25) is 14.7 Å². The lowest BCUT2D eigenvalue weighted by atomic mass is 10.1. The van der Waals surface area contributed by atoms with Crippen LogP contribution in [0, 0.1) is 22.9 Å². The van der Waals surface area contributed by atoms with Crippen molar-refractivity contribution in [2.45, 2.75) is 23.9 Å². The standard InChI is InChI=1S/C25H21Cl2FN4O4S/c1-15-29-30-25(32(15)19-9-7-18(28)8-10-19)37-23(13-31(33)34)17-11-21(27)24(22(12-17)35-2)36-14-16-5-3-4-6-20(16)26/h3-12,23H,13-14H2,1-2H3/t23-/m1/s1. The number of nitro groups is 1. The zero-order chi connectivity index (χ0) is 26.5. The summed E-state index contributed by atoms with van der Waals surface area (Å²) in [5.74, 6) is 0.782. The Labute approximate surface area is 226 Å². The zero-order valence-corrected chi connectivity index (χ0v) is 22.1. The second-order valence-electron chi connectivity index (χ2n) is 7.88. The van der Waals surface area contributed by atoms with E-state index >= 15 is 0 Å². The SMILES string of the molecule is COc1cc([C@@H](C[N+](=O)[O-])Sc2nnc(C)n2-c2ccc(F)cc2)cc(Cl)c1OCc1ccccc1Cl. The Morgan fingerprint density at radius 3 is 2.51 bits per heavy atom. The molecule has 1 atom stereocenters. The smallest absolute Gasteiger partial charge is 0.220 e. The predicted molar refractivity (Wildman–Crippen MR) is 140 cm³/mol. The molecule has 1 aromatic heterocycles. The lowest BCUT2D eigenvalue weighted by molar-refractivity contribution is -0.479. The first-order valence-electron chi connectivity index (χ1n) is 11.0. The highest BCUT2D eigenvalue weighted by Crippen LogP contribution is 2.43. The van der Waals surface area contributed by atoms with Crippen LogP contribution in [-0.4, -0.2) is 33.3 Å². The average molecular weight is 563 g/mol. The first kappa shape index (κ1) is 26.7. The molecule has 4 aromatic rings. The summed E-state index contributed by atoms with van der Waals surface area (Å²) in [6.07, 6.45) is 0. The molecular formula is C25H21Cl2FN4O4S. The van der Waals surface area contributed by atoms with Crippen molar-refractivity contribution in [3.05, 3.63) is 104 Å². The van der Waals surface area contributed by atoms with Crippen LogP contribution in [-0.2, 0) is 6.61 Å². The van der Waals surface area contributed by atoms with Crippen molar-refractivity contribution in [3.63, 3.8) is 0 Å². The number of nitrogens with zero attached hydrogens (tertiary/aromatic N) is 4. The molecule has 0 amide bonds. The quantitative estimate of drug-likeness (QED) is 0.120. The predicted octanol–water partition coefficient (Wildman–Crippen LogP) is 6.72. The van der Waals surface area contributed by atoms with Gasteiger partial charge in [0.15, 0.2) is 16.7 Å². The maximum Gasteiger partial charge on any atom is 0.220 e. The van der Waals surface area contributed by atoms with Gasteiger partial charge in [0.25, 0.3) is 0 Å². The highest BCUT2D eigenvalue weighted by Gasteiger charge is 2.26. The van der Waals surface area contributed by atoms with Crippen molar-refractivity contribution in [1.29, 1.82) is 0 Å². The number of aryl methyl sites for hydroxylation is 1. The van der Waals surface area contributed by atoms with Gasteiger partial charge < -0.3 is 9.47 Å². The van der Waals surface area contributed by atoms with E-state index in [-0.39, 0.29) is 17.4 Å². The van der Waals surface area contributed by atoms with E-state index in [1.807, 2.05) is 18.2 Å². The number of hydrogen-bond donors (Lipinski definition) is 0. The van der Waals surface area contributed by atoms with E-state index in [1.165, 1.54) is 19.2 Å². The van der Waals surface area contributed by atoms with Gasteiger partial charge in [-0.1, -0.05) is 53.2 Å². The van der Waals surface area contributed by atoms with E-state index < -0.39 is 16.7 Å². The summed E-state index contributed by atoms with van der Waals surface area (Å²) in [5, 5.41) is 20.4. The third-order valence-electron chi connectivity index (χ3n) is 5.40. The monoisotopic (exact) mass is 562 g/mol. The van der Waals surface area contributed by atoms with Crippen molar-refractivity contribution in [1.82, 2.24) is 14.8 Å². The molecule has 3 aromatic carbocycles. The minimum Gasteiger partial charge on any atom is -0.493 e. The van der Waals surface area contributed by atoms with Gasteiger partial charge in [0.05, 0.1) is 12.1 Å². The van der Waals surface area contributed by atoms with Crippen molar-refractivity contribution in [3.8, 4) is 17.2 Å². The number of ether oxygens (including phenoxy) is 2. The fourth-order valence-electron chi connectivity index (χ4n) is 3.61. The number of aromatic nitrogens is 3. The van der Waals surface area contributed by atoms with Gasteiger partial charge in [0, 0.05) is 21.2 Å². The van der Waals surface area contributed by atoms with Crippen LogP contribution >= 0.6 is 35.0 Å². The molecule has 0 aliphatic rings. The number of methoxy groups -OCH3 is 1. The Bertz CT molecular complexity index is 1420. The third-order valence-corrected chi connectivity index (χ3v) is 7.23. The molecule has 0 aliphatic heterocycles. The minimum absolute atomic E-state index is 0.155. The summed E-state index contributed by atoms with van der Waals surface area (Å²) in [4.78, 5) is 11.2. The van der Waals surface area contributed by atoms with E-state index in [0.717, 1.165) is 17.3 Å². The molecule has 0 spiro atoms. The van der Waals surface area contributed by atoms with Crippen LogP contribution in [0.2, 0.25) is 10.0 Å². The van der Waals surface area contributed by atoms with Crippen LogP contribution in [0.4, 0.5) is 4.39 Å². The molecule has 12 heteroatoms. The molecule has 0 saturated carbocycles. The lowest BCUT2D eigenvalue weighted by Gasteiger charge is -2.18. The average Bonchev–Trinajstić information content (AvgIpc) is 3.23. The Kier molecular flexibility index (Phi) is 8.52. The highest BCUT2D eigenvalue weighted by molar-refractivity contribution is 7.99. The molecule has 0 unspecified atom stereocenters. The van der Waals surface area contributed by atoms with E-state index in [4.69, 9.17) is 32.7 Å². The van der Waals surface area contributed by atoms with Gasteiger partial charge in [-0.2, -0.15) is 0 Å². The number of hydrogen-bond acceptors (Lipinski definition) is 7. The van der Waals surface area contributed by atoms with Crippen molar-refractivity contribution in [2.75, 3.05) is 13.7 Å². The molecule has 8 nitrogen and oxygen atoms in total. The molecule has 0 aliphatic carbocycles. The summed E-state index contributed by atoms with van der Waals surface area (Å²) in [5.41, 5.74) is 1.94. The molecule has 0 saturated heterocycles. The summed E-state index contributed by atoms with van der Waals surface area (Å²) < 4.78 is 26.6. The lowest BCUT2D eigenvalue weighted by Crippen LogP contribution is -2.12. The van der Waals surface area contributed by atoms with Gasteiger partial charge in [0.2, 0.25) is 6.54 Å². The van der Waals surface area contributed by atoms with Crippen LogP contribution in [0.15, 0.2) is 65.8 Å². The van der Waals surface area contributed by atoms with E-state index in [0.29, 0.717) is 38.8 Å².